The van der Waals surface area contributed by atoms with Crippen molar-refractivity contribution in [2.24, 2.45) is 0 Å². The number of carbonyl (C=O) groups is 1. The Bertz CT molecular complexity index is 275. The molecule has 0 fully saturated rings. The first-order valence-corrected chi connectivity index (χ1v) is 7.02. The summed E-state index contributed by atoms with van der Waals surface area (Å²) in [5.41, 5.74) is 1.26. The fourth-order valence-electron chi connectivity index (χ4n) is 1.17. The van der Waals surface area contributed by atoms with Gasteiger partial charge in [-0.1, -0.05) is 44.2 Å². The van der Waals surface area contributed by atoms with Crippen LogP contribution in [0.3, 0.4) is 0 Å². The van der Waals surface area contributed by atoms with E-state index in [2.05, 4.69) is 17.4 Å². The molecule has 90 valence electrons. The molecule has 0 aliphatic rings. The Morgan fingerprint density at radius 3 is 2.44 bits per heavy atom. The van der Waals surface area contributed by atoms with E-state index in [4.69, 9.17) is 0 Å². The molecule has 3 heteroatoms. The number of thioether (sulfide) groups is 1. The topological polar surface area (TPSA) is 29.1 Å². The zero-order chi connectivity index (χ0) is 12.2. The van der Waals surface area contributed by atoms with Crippen molar-refractivity contribution in [1.29, 1.82) is 0 Å². The van der Waals surface area contributed by atoms with Gasteiger partial charge in [0.2, 0.25) is 5.91 Å². The number of carbonyl (C=O) groups excluding carboxylic acids is 1. The van der Waals surface area contributed by atoms with E-state index in [0.29, 0.717) is 5.75 Å². The van der Waals surface area contributed by atoms with Crippen molar-refractivity contribution in [1.82, 2.24) is 5.32 Å². The second-order valence-corrected chi connectivity index (χ2v) is 3.88. The molecule has 1 N–H and O–H groups in total. The third-order valence-corrected chi connectivity index (χ3v) is 2.40. The predicted molar refractivity (Wildman–Crippen MR) is 72.9 cm³/mol. The van der Waals surface area contributed by atoms with Gasteiger partial charge in [-0.2, -0.15) is 11.8 Å². The van der Waals surface area contributed by atoms with Crippen LogP contribution in [0.25, 0.3) is 0 Å². The minimum Gasteiger partial charge on any atom is -0.355 e. The van der Waals surface area contributed by atoms with E-state index >= 15 is 0 Å². The molecular weight excluding hydrogens is 218 g/mol. The third-order valence-electron chi connectivity index (χ3n) is 1.85. The average molecular weight is 239 g/mol. The van der Waals surface area contributed by atoms with Gasteiger partial charge >= 0.3 is 0 Å². The van der Waals surface area contributed by atoms with Crippen molar-refractivity contribution < 1.29 is 4.79 Å². The van der Waals surface area contributed by atoms with Crippen LogP contribution in [0.2, 0.25) is 0 Å². The molecule has 1 aromatic rings. The summed E-state index contributed by atoms with van der Waals surface area (Å²) in [5.74, 6) is 0.669. The molecule has 0 radical (unpaired) electrons. The normalized spacial score (nSPS) is 8.94. The summed E-state index contributed by atoms with van der Waals surface area (Å²) >= 11 is 1.54. The van der Waals surface area contributed by atoms with Crippen LogP contribution in [0.4, 0.5) is 0 Å². The minimum absolute atomic E-state index is 0.119. The highest BCUT2D eigenvalue weighted by Gasteiger charge is 1.98. The standard InChI is InChI=1S/C11H15NOS.C2H6/c1-14-9-11(13)12-8-7-10-5-3-2-4-6-10;1-2/h2-6H,7-9H2,1H3,(H,12,13);1-2H3. The molecule has 0 spiro atoms. The summed E-state index contributed by atoms with van der Waals surface area (Å²) in [6.07, 6.45) is 2.83. The Labute approximate surface area is 103 Å². The number of hydrogen-bond acceptors (Lipinski definition) is 2. The van der Waals surface area contributed by atoms with Gasteiger partial charge in [-0.15, -0.1) is 0 Å². The van der Waals surface area contributed by atoms with Gasteiger partial charge in [0.25, 0.3) is 0 Å². The lowest BCUT2D eigenvalue weighted by molar-refractivity contribution is -0.118. The van der Waals surface area contributed by atoms with Crippen LogP contribution in [-0.2, 0) is 11.2 Å². The van der Waals surface area contributed by atoms with Gasteiger partial charge in [0, 0.05) is 6.54 Å². The smallest absolute Gasteiger partial charge is 0.229 e. The first-order chi connectivity index (χ1) is 7.83. The number of amides is 1. The van der Waals surface area contributed by atoms with E-state index in [9.17, 15) is 4.79 Å². The molecule has 1 rings (SSSR count). The van der Waals surface area contributed by atoms with Gasteiger partial charge in [0.15, 0.2) is 0 Å². The van der Waals surface area contributed by atoms with Gasteiger partial charge in [0.05, 0.1) is 5.75 Å². The van der Waals surface area contributed by atoms with Gasteiger partial charge in [-0.05, 0) is 18.2 Å². The third kappa shape index (κ3) is 7.35. The van der Waals surface area contributed by atoms with Crippen LogP contribution >= 0.6 is 11.8 Å². The van der Waals surface area contributed by atoms with E-state index in [1.807, 2.05) is 38.3 Å². The van der Waals surface area contributed by atoms with E-state index in [1.165, 1.54) is 5.56 Å². The molecule has 1 aromatic carbocycles. The fraction of sp³-hybridized carbons (Fsp3) is 0.462. The Hall–Kier alpha value is -0.960. The summed E-state index contributed by atoms with van der Waals surface area (Å²) < 4.78 is 0. The zero-order valence-corrected chi connectivity index (χ0v) is 11.1. The maximum atomic E-state index is 11.1. The molecule has 0 atom stereocenters. The largest absolute Gasteiger partial charge is 0.355 e. The van der Waals surface area contributed by atoms with Crippen LogP contribution in [0.5, 0.6) is 0 Å². The van der Waals surface area contributed by atoms with Crippen molar-refractivity contribution in [3.63, 3.8) is 0 Å². The molecule has 1 amide bonds. The molecule has 0 bridgehead atoms. The van der Waals surface area contributed by atoms with E-state index < -0.39 is 0 Å². The highest BCUT2D eigenvalue weighted by molar-refractivity contribution is 7.99. The number of hydrogen-bond donors (Lipinski definition) is 1. The zero-order valence-electron chi connectivity index (χ0n) is 10.3. The van der Waals surface area contributed by atoms with Crippen molar-refractivity contribution in [2.75, 3.05) is 18.6 Å². The number of benzene rings is 1. The van der Waals surface area contributed by atoms with Crippen molar-refractivity contribution in [3.05, 3.63) is 35.9 Å². The summed E-state index contributed by atoms with van der Waals surface area (Å²) in [5, 5.41) is 2.87. The minimum atomic E-state index is 0.119. The highest BCUT2D eigenvalue weighted by Crippen LogP contribution is 1.98. The number of rotatable bonds is 5. The van der Waals surface area contributed by atoms with Crippen LogP contribution in [-0.4, -0.2) is 24.5 Å². The summed E-state index contributed by atoms with van der Waals surface area (Å²) in [7, 11) is 0. The van der Waals surface area contributed by atoms with Crippen LogP contribution < -0.4 is 5.32 Å². The lowest BCUT2D eigenvalue weighted by atomic mass is 10.1. The predicted octanol–water partition coefficient (Wildman–Crippen LogP) is 2.73. The van der Waals surface area contributed by atoms with Gasteiger partial charge in [-0.3, -0.25) is 4.79 Å². The molecule has 0 saturated carbocycles. The number of nitrogens with one attached hydrogen (secondary N) is 1. The Balaban J connectivity index is 0.00000106. The van der Waals surface area contributed by atoms with E-state index in [1.54, 1.807) is 11.8 Å². The first kappa shape index (κ1) is 15.0. The second kappa shape index (κ2) is 10.6. The van der Waals surface area contributed by atoms with Gasteiger partial charge in [-0.25, -0.2) is 0 Å². The van der Waals surface area contributed by atoms with Crippen molar-refractivity contribution in [3.8, 4) is 0 Å². The van der Waals surface area contributed by atoms with Crippen LogP contribution in [0.1, 0.15) is 19.4 Å². The molecule has 0 heterocycles. The summed E-state index contributed by atoms with van der Waals surface area (Å²) in [6, 6.07) is 10.2. The van der Waals surface area contributed by atoms with Gasteiger partial charge < -0.3 is 5.32 Å². The second-order valence-electron chi connectivity index (χ2n) is 3.02. The Morgan fingerprint density at radius 2 is 1.88 bits per heavy atom. The lowest BCUT2D eigenvalue weighted by Crippen LogP contribution is -2.27. The molecule has 16 heavy (non-hydrogen) atoms. The first-order valence-electron chi connectivity index (χ1n) is 5.62. The fourth-order valence-corrected chi connectivity index (χ4v) is 1.54. The van der Waals surface area contributed by atoms with Crippen LogP contribution in [0.15, 0.2) is 30.3 Å². The molecule has 2 nitrogen and oxygen atoms in total. The Kier molecular flexibility index (Phi) is 9.92. The molecule has 0 saturated heterocycles. The molecule has 0 aromatic heterocycles. The van der Waals surface area contributed by atoms with E-state index in [-0.39, 0.29) is 5.91 Å². The molecule has 0 unspecified atom stereocenters. The Morgan fingerprint density at radius 1 is 1.25 bits per heavy atom. The van der Waals surface area contributed by atoms with Crippen molar-refractivity contribution >= 4 is 17.7 Å². The maximum Gasteiger partial charge on any atom is 0.229 e. The molecular formula is C13H21NOS. The summed E-state index contributed by atoms with van der Waals surface area (Å²) in [6.45, 7) is 4.73. The maximum absolute atomic E-state index is 11.1. The summed E-state index contributed by atoms with van der Waals surface area (Å²) in [4.78, 5) is 11.1. The monoisotopic (exact) mass is 239 g/mol. The molecule has 0 aliphatic heterocycles. The van der Waals surface area contributed by atoms with E-state index in [0.717, 1.165) is 13.0 Å². The lowest BCUT2D eigenvalue weighted by Gasteiger charge is -2.03. The molecule has 0 aliphatic carbocycles. The quantitative estimate of drug-likeness (QED) is 0.856. The van der Waals surface area contributed by atoms with Crippen molar-refractivity contribution in [2.45, 2.75) is 20.3 Å². The SMILES string of the molecule is CC.CSCC(=O)NCCc1ccccc1. The average Bonchev–Trinajstić information content (AvgIpc) is 2.33. The van der Waals surface area contributed by atoms with Gasteiger partial charge in [0.1, 0.15) is 0 Å². The van der Waals surface area contributed by atoms with Crippen LogP contribution in [0, 0.1) is 0 Å². The highest BCUT2D eigenvalue weighted by atomic mass is 32.2.